The molecule has 2 N–H and O–H groups in total. The van der Waals surface area contributed by atoms with Crippen LogP contribution in [0.2, 0.25) is 0 Å². The fourth-order valence-electron chi connectivity index (χ4n) is 2.12. The molecule has 0 radical (unpaired) electrons. The molecule has 0 saturated carbocycles. The number of nitrogens with one attached hydrogen (secondary N) is 2. The molecule has 0 atom stereocenters. The molecule has 5 heteroatoms. The molecule has 0 aliphatic rings. The summed E-state index contributed by atoms with van der Waals surface area (Å²) >= 11 is 1.48. The van der Waals surface area contributed by atoms with E-state index in [0.29, 0.717) is 13.0 Å². The molecule has 0 fully saturated rings. The van der Waals surface area contributed by atoms with Gasteiger partial charge in [0.1, 0.15) is 5.82 Å². The van der Waals surface area contributed by atoms with Crippen LogP contribution in [0, 0.1) is 0 Å². The molecule has 3 aromatic rings. The van der Waals surface area contributed by atoms with E-state index in [1.807, 2.05) is 60.0 Å². The van der Waals surface area contributed by atoms with Crippen LogP contribution in [0.4, 0.5) is 17.2 Å². The summed E-state index contributed by atoms with van der Waals surface area (Å²) in [6.07, 6.45) is 2.24. The van der Waals surface area contributed by atoms with Gasteiger partial charge < -0.3 is 10.6 Å². The standard InChI is InChI=1S/C18H17N3OS/c22-16(17-7-4-12-23-17)10-11-19-15-8-9-18(20-13-15)21-14-5-2-1-3-6-14/h1-9,12-13,19H,10-11H2,(H,20,21). The second kappa shape index (κ2) is 7.56. The van der Waals surface area contributed by atoms with Crippen LogP contribution < -0.4 is 10.6 Å². The molecule has 23 heavy (non-hydrogen) atoms. The molecular weight excluding hydrogens is 306 g/mol. The van der Waals surface area contributed by atoms with Crippen molar-refractivity contribution in [1.29, 1.82) is 0 Å². The third-order valence-corrected chi connectivity index (χ3v) is 4.20. The van der Waals surface area contributed by atoms with Gasteiger partial charge in [0.05, 0.1) is 16.8 Å². The van der Waals surface area contributed by atoms with E-state index in [1.165, 1.54) is 11.3 Å². The number of rotatable bonds is 7. The molecule has 4 nitrogen and oxygen atoms in total. The van der Waals surface area contributed by atoms with Crippen molar-refractivity contribution in [2.24, 2.45) is 0 Å². The molecule has 0 aliphatic heterocycles. The average molecular weight is 323 g/mol. The van der Waals surface area contributed by atoms with Crippen molar-refractivity contribution in [2.75, 3.05) is 17.2 Å². The number of ketones is 1. The third kappa shape index (κ3) is 4.40. The van der Waals surface area contributed by atoms with Crippen molar-refractivity contribution in [3.63, 3.8) is 0 Å². The zero-order chi connectivity index (χ0) is 15.9. The smallest absolute Gasteiger partial charge is 0.174 e. The van der Waals surface area contributed by atoms with Crippen LogP contribution in [0.5, 0.6) is 0 Å². The SMILES string of the molecule is O=C(CCNc1ccc(Nc2ccccc2)nc1)c1cccs1. The molecule has 116 valence electrons. The molecule has 3 rings (SSSR count). The molecule has 0 saturated heterocycles. The number of para-hydroxylation sites is 1. The number of nitrogens with zero attached hydrogens (tertiary/aromatic N) is 1. The van der Waals surface area contributed by atoms with Gasteiger partial charge in [0.25, 0.3) is 0 Å². The van der Waals surface area contributed by atoms with E-state index in [4.69, 9.17) is 0 Å². The lowest BCUT2D eigenvalue weighted by Gasteiger charge is -2.08. The predicted octanol–water partition coefficient (Wildman–Crippen LogP) is 4.57. The Morgan fingerprint density at radius 3 is 2.57 bits per heavy atom. The number of carbonyl (C=O) groups excluding carboxylic acids is 1. The topological polar surface area (TPSA) is 54.0 Å². The van der Waals surface area contributed by atoms with Gasteiger partial charge in [-0.1, -0.05) is 24.3 Å². The molecule has 0 amide bonds. The van der Waals surface area contributed by atoms with Crippen molar-refractivity contribution in [1.82, 2.24) is 4.98 Å². The van der Waals surface area contributed by atoms with Crippen LogP contribution in [0.15, 0.2) is 66.2 Å². The van der Waals surface area contributed by atoms with Gasteiger partial charge in [-0.15, -0.1) is 11.3 Å². The van der Waals surface area contributed by atoms with E-state index in [0.717, 1.165) is 22.1 Å². The van der Waals surface area contributed by atoms with Crippen molar-refractivity contribution >= 4 is 34.3 Å². The van der Waals surface area contributed by atoms with Crippen LogP contribution in [-0.2, 0) is 0 Å². The Morgan fingerprint density at radius 1 is 1.00 bits per heavy atom. The number of aromatic nitrogens is 1. The number of pyridine rings is 1. The number of carbonyl (C=O) groups is 1. The number of thiophene rings is 1. The maximum atomic E-state index is 11.9. The van der Waals surface area contributed by atoms with E-state index in [1.54, 1.807) is 6.20 Å². The molecule has 0 bridgehead atoms. The zero-order valence-corrected chi connectivity index (χ0v) is 13.3. The van der Waals surface area contributed by atoms with Crippen molar-refractivity contribution in [2.45, 2.75) is 6.42 Å². The Labute approximate surface area is 139 Å². The summed E-state index contributed by atoms with van der Waals surface area (Å²) in [7, 11) is 0. The minimum Gasteiger partial charge on any atom is -0.383 e. The molecule has 1 aromatic carbocycles. The van der Waals surface area contributed by atoms with Crippen molar-refractivity contribution < 1.29 is 4.79 Å². The van der Waals surface area contributed by atoms with Gasteiger partial charge in [-0.05, 0) is 35.7 Å². The molecule has 2 aromatic heterocycles. The Hall–Kier alpha value is -2.66. The van der Waals surface area contributed by atoms with Gasteiger partial charge in [0, 0.05) is 18.7 Å². The van der Waals surface area contributed by atoms with Crippen molar-refractivity contribution in [3.05, 3.63) is 71.1 Å². The van der Waals surface area contributed by atoms with E-state index in [2.05, 4.69) is 15.6 Å². The number of hydrogen-bond donors (Lipinski definition) is 2. The highest BCUT2D eigenvalue weighted by molar-refractivity contribution is 7.12. The molecule has 0 aliphatic carbocycles. The lowest BCUT2D eigenvalue weighted by molar-refractivity contribution is 0.0990. The maximum absolute atomic E-state index is 11.9. The van der Waals surface area contributed by atoms with E-state index >= 15 is 0 Å². The number of hydrogen-bond acceptors (Lipinski definition) is 5. The fraction of sp³-hybridized carbons (Fsp3) is 0.111. The number of benzene rings is 1. The van der Waals surface area contributed by atoms with E-state index in [9.17, 15) is 4.79 Å². The Morgan fingerprint density at radius 2 is 1.87 bits per heavy atom. The van der Waals surface area contributed by atoms with Gasteiger partial charge in [0.2, 0.25) is 0 Å². The highest BCUT2D eigenvalue weighted by Gasteiger charge is 2.06. The van der Waals surface area contributed by atoms with Gasteiger partial charge in [-0.3, -0.25) is 4.79 Å². The molecular formula is C18H17N3OS. The average Bonchev–Trinajstić information content (AvgIpc) is 3.12. The van der Waals surface area contributed by atoms with Crippen LogP contribution >= 0.6 is 11.3 Å². The first-order valence-electron chi connectivity index (χ1n) is 7.40. The lowest BCUT2D eigenvalue weighted by atomic mass is 10.2. The first-order valence-corrected chi connectivity index (χ1v) is 8.28. The summed E-state index contributed by atoms with van der Waals surface area (Å²) in [6, 6.07) is 17.5. The van der Waals surface area contributed by atoms with Crippen LogP contribution in [0.25, 0.3) is 0 Å². The second-order valence-electron chi connectivity index (χ2n) is 5.00. The molecule has 2 heterocycles. The van der Waals surface area contributed by atoms with Crippen LogP contribution in [-0.4, -0.2) is 17.3 Å². The lowest BCUT2D eigenvalue weighted by Crippen LogP contribution is -2.08. The van der Waals surface area contributed by atoms with Gasteiger partial charge in [-0.25, -0.2) is 4.98 Å². The summed E-state index contributed by atoms with van der Waals surface area (Å²) < 4.78 is 0. The number of Topliss-reactive ketones (excluding diaryl/α,β-unsaturated/α-hetero) is 1. The summed E-state index contributed by atoms with van der Waals surface area (Å²) in [5.74, 6) is 0.958. The van der Waals surface area contributed by atoms with Crippen molar-refractivity contribution in [3.8, 4) is 0 Å². The van der Waals surface area contributed by atoms with Crippen LogP contribution in [0.3, 0.4) is 0 Å². The molecule has 0 unspecified atom stereocenters. The zero-order valence-electron chi connectivity index (χ0n) is 12.5. The highest BCUT2D eigenvalue weighted by atomic mass is 32.1. The van der Waals surface area contributed by atoms with E-state index < -0.39 is 0 Å². The van der Waals surface area contributed by atoms with Gasteiger partial charge in [0.15, 0.2) is 5.78 Å². The summed E-state index contributed by atoms with van der Waals surface area (Å²) in [4.78, 5) is 17.1. The maximum Gasteiger partial charge on any atom is 0.174 e. The third-order valence-electron chi connectivity index (χ3n) is 3.29. The highest BCUT2D eigenvalue weighted by Crippen LogP contribution is 2.16. The van der Waals surface area contributed by atoms with E-state index in [-0.39, 0.29) is 5.78 Å². The number of anilines is 3. The first kappa shape index (κ1) is 15.2. The predicted molar refractivity (Wildman–Crippen MR) is 95.7 cm³/mol. The minimum atomic E-state index is 0.169. The molecule has 0 spiro atoms. The first-order chi connectivity index (χ1) is 11.3. The van der Waals surface area contributed by atoms with Gasteiger partial charge >= 0.3 is 0 Å². The summed E-state index contributed by atoms with van der Waals surface area (Å²) in [6.45, 7) is 0.601. The van der Waals surface area contributed by atoms with Gasteiger partial charge in [-0.2, -0.15) is 0 Å². The second-order valence-corrected chi connectivity index (χ2v) is 5.95. The monoisotopic (exact) mass is 323 g/mol. The fourth-order valence-corrected chi connectivity index (χ4v) is 2.82. The quantitative estimate of drug-likeness (QED) is 0.625. The normalized spacial score (nSPS) is 10.3. The largest absolute Gasteiger partial charge is 0.383 e. The Balaban J connectivity index is 1.49. The Bertz CT molecular complexity index is 740. The van der Waals surface area contributed by atoms with Crippen LogP contribution in [0.1, 0.15) is 16.1 Å². The Kier molecular flexibility index (Phi) is 5.01. The minimum absolute atomic E-state index is 0.169. The summed E-state index contributed by atoms with van der Waals surface area (Å²) in [5, 5.41) is 8.37. The summed E-state index contributed by atoms with van der Waals surface area (Å²) in [5.41, 5.74) is 1.91.